The summed E-state index contributed by atoms with van der Waals surface area (Å²) in [6, 6.07) is 0. The van der Waals surface area contributed by atoms with Gasteiger partial charge in [0.15, 0.2) is 0 Å². The molecular formula is C6H12Br2. The Morgan fingerprint density at radius 3 is 2.00 bits per heavy atom. The highest BCUT2D eigenvalue weighted by atomic mass is 79.9. The van der Waals surface area contributed by atoms with Crippen molar-refractivity contribution in [3.63, 3.8) is 0 Å². The van der Waals surface area contributed by atoms with E-state index >= 15 is 0 Å². The molecule has 0 aliphatic heterocycles. The lowest BCUT2D eigenvalue weighted by atomic mass is 10.1. The maximum Gasteiger partial charge on any atom is 0.0153 e. The SMILES string of the molecule is CCC(CBr)C(C)Br. The summed E-state index contributed by atoms with van der Waals surface area (Å²) in [5, 5.41) is 1.11. The van der Waals surface area contributed by atoms with Crippen molar-refractivity contribution >= 4 is 31.9 Å². The van der Waals surface area contributed by atoms with Gasteiger partial charge in [0.2, 0.25) is 0 Å². The summed E-state index contributed by atoms with van der Waals surface area (Å²) in [5.41, 5.74) is 0. The van der Waals surface area contributed by atoms with E-state index in [0.717, 1.165) is 11.2 Å². The Morgan fingerprint density at radius 1 is 1.50 bits per heavy atom. The molecule has 0 amide bonds. The molecule has 2 heteroatoms. The van der Waals surface area contributed by atoms with Gasteiger partial charge in [0.05, 0.1) is 0 Å². The number of halogens is 2. The third-order valence-corrected chi connectivity index (χ3v) is 2.95. The van der Waals surface area contributed by atoms with Gasteiger partial charge in [-0.3, -0.25) is 0 Å². The molecule has 0 aliphatic rings. The van der Waals surface area contributed by atoms with Gasteiger partial charge in [-0.15, -0.1) is 0 Å². The molecule has 0 aromatic heterocycles. The van der Waals surface area contributed by atoms with Crippen molar-refractivity contribution in [2.45, 2.75) is 25.1 Å². The van der Waals surface area contributed by atoms with E-state index in [0.29, 0.717) is 4.83 Å². The minimum absolute atomic E-state index is 0.645. The van der Waals surface area contributed by atoms with Crippen LogP contribution in [-0.2, 0) is 0 Å². The number of hydrogen-bond donors (Lipinski definition) is 0. The Balaban J connectivity index is 3.35. The lowest BCUT2D eigenvalue weighted by Gasteiger charge is -2.12. The summed E-state index contributed by atoms with van der Waals surface area (Å²) < 4.78 is 0. The van der Waals surface area contributed by atoms with E-state index in [1.807, 2.05) is 0 Å². The van der Waals surface area contributed by atoms with Crippen LogP contribution in [0.3, 0.4) is 0 Å². The monoisotopic (exact) mass is 242 g/mol. The Kier molecular flexibility index (Phi) is 5.38. The molecule has 0 spiro atoms. The Labute approximate surface area is 68.3 Å². The number of alkyl halides is 2. The zero-order valence-electron chi connectivity index (χ0n) is 5.32. The zero-order valence-corrected chi connectivity index (χ0v) is 8.50. The van der Waals surface area contributed by atoms with Crippen molar-refractivity contribution in [2.75, 3.05) is 5.33 Å². The molecule has 0 bridgehead atoms. The van der Waals surface area contributed by atoms with E-state index in [9.17, 15) is 0 Å². The highest BCUT2D eigenvalue weighted by Crippen LogP contribution is 2.17. The van der Waals surface area contributed by atoms with Crippen molar-refractivity contribution in [3.8, 4) is 0 Å². The smallest absolute Gasteiger partial charge is 0.0153 e. The predicted molar refractivity (Wildman–Crippen MR) is 46.0 cm³/mol. The third kappa shape index (κ3) is 3.08. The zero-order chi connectivity index (χ0) is 6.57. The Morgan fingerprint density at radius 2 is 2.00 bits per heavy atom. The quantitative estimate of drug-likeness (QED) is 0.668. The van der Waals surface area contributed by atoms with E-state index < -0.39 is 0 Å². The normalized spacial score (nSPS) is 18.0. The van der Waals surface area contributed by atoms with Gasteiger partial charge in [0.25, 0.3) is 0 Å². The second kappa shape index (κ2) is 4.80. The van der Waals surface area contributed by atoms with Crippen molar-refractivity contribution < 1.29 is 0 Å². The molecule has 0 aromatic rings. The van der Waals surface area contributed by atoms with E-state index in [-0.39, 0.29) is 0 Å². The predicted octanol–water partition coefficient (Wildman–Crippen LogP) is 3.19. The van der Waals surface area contributed by atoms with Gasteiger partial charge in [0.1, 0.15) is 0 Å². The van der Waals surface area contributed by atoms with Gasteiger partial charge in [0, 0.05) is 10.2 Å². The summed E-state index contributed by atoms with van der Waals surface area (Å²) in [6.45, 7) is 4.40. The third-order valence-electron chi connectivity index (χ3n) is 1.37. The maximum absolute atomic E-state index is 3.53. The molecule has 0 saturated heterocycles. The van der Waals surface area contributed by atoms with E-state index in [4.69, 9.17) is 0 Å². The fourth-order valence-corrected chi connectivity index (χ4v) is 2.64. The van der Waals surface area contributed by atoms with Crippen LogP contribution in [0.4, 0.5) is 0 Å². The molecule has 0 aromatic carbocycles. The number of hydrogen-bond acceptors (Lipinski definition) is 0. The molecule has 0 N–H and O–H groups in total. The summed E-state index contributed by atoms with van der Waals surface area (Å²) in [6.07, 6.45) is 1.25. The molecule has 0 radical (unpaired) electrons. The van der Waals surface area contributed by atoms with Crippen molar-refractivity contribution in [3.05, 3.63) is 0 Å². The van der Waals surface area contributed by atoms with E-state index in [1.165, 1.54) is 6.42 Å². The standard InChI is InChI=1S/C6H12Br2/c1-3-6(4-7)5(2)8/h5-6H,3-4H2,1-2H3. The molecule has 0 saturated carbocycles. The molecule has 0 heterocycles. The summed E-state index contributed by atoms with van der Waals surface area (Å²) in [5.74, 6) is 0.787. The molecule has 8 heavy (non-hydrogen) atoms. The van der Waals surface area contributed by atoms with E-state index in [1.54, 1.807) is 0 Å². The average molecular weight is 244 g/mol. The van der Waals surface area contributed by atoms with Gasteiger partial charge >= 0.3 is 0 Å². The maximum atomic E-state index is 3.53. The van der Waals surface area contributed by atoms with Crippen LogP contribution in [0.25, 0.3) is 0 Å². The summed E-state index contributed by atoms with van der Waals surface area (Å²) in [4.78, 5) is 0.645. The van der Waals surface area contributed by atoms with Crippen molar-refractivity contribution in [2.24, 2.45) is 5.92 Å². The Bertz CT molecular complexity index is 48.5. The second-order valence-corrected chi connectivity index (χ2v) is 4.09. The van der Waals surface area contributed by atoms with Crippen molar-refractivity contribution in [1.29, 1.82) is 0 Å². The van der Waals surface area contributed by atoms with Gasteiger partial charge in [-0.05, 0) is 5.92 Å². The summed E-state index contributed by atoms with van der Waals surface area (Å²) >= 11 is 6.98. The molecule has 2 unspecified atom stereocenters. The molecule has 0 nitrogen and oxygen atoms in total. The minimum atomic E-state index is 0.645. The highest BCUT2D eigenvalue weighted by Gasteiger charge is 2.08. The van der Waals surface area contributed by atoms with Crippen LogP contribution >= 0.6 is 31.9 Å². The first-order valence-corrected chi connectivity index (χ1v) is 4.96. The van der Waals surface area contributed by atoms with Crippen molar-refractivity contribution in [1.82, 2.24) is 0 Å². The second-order valence-electron chi connectivity index (χ2n) is 2.00. The van der Waals surface area contributed by atoms with Crippen LogP contribution in [0.5, 0.6) is 0 Å². The van der Waals surface area contributed by atoms with Crippen LogP contribution in [0.2, 0.25) is 0 Å². The van der Waals surface area contributed by atoms with Crippen LogP contribution in [0, 0.1) is 5.92 Å². The first kappa shape index (κ1) is 8.96. The molecule has 0 rings (SSSR count). The molecule has 0 fully saturated rings. The van der Waals surface area contributed by atoms with Crippen LogP contribution in [0.15, 0.2) is 0 Å². The average Bonchev–Trinajstić information content (AvgIpc) is 1.69. The fourth-order valence-electron chi connectivity index (χ4n) is 0.557. The lowest BCUT2D eigenvalue weighted by molar-refractivity contribution is 0.577. The number of rotatable bonds is 3. The van der Waals surface area contributed by atoms with Gasteiger partial charge < -0.3 is 0 Å². The topological polar surface area (TPSA) is 0 Å². The highest BCUT2D eigenvalue weighted by molar-refractivity contribution is 9.10. The lowest BCUT2D eigenvalue weighted by Crippen LogP contribution is -2.10. The molecular weight excluding hydrogens is 232 g/mol. The Hall–Kier alpha value is 0.960. The van der Waals surface area contributed by atoms with Gasteiger partial charge in [-0.2, -0.15) is 0 Å². The molecule has 0 aliphatic carbocycles. The van der Waals surface area contributed by atoms with Crippen LogP contribution < -0.4 is 0 Å². The summed E-state index contributed by atoms with van der Waals surface area (Å²) in [7, 11) is 0. The van der Waals surface area contributed by atoms with Gasteiger partial charge in [-0.1, -0.05) is 52.1 Å². The van der Waals surface area contributed by atoms with Crippen LogP contribution in [-0.4, -0.2) is 10.2 Å². The minimum Gasteiger partial charge on any atom is -0.0925 e. The first-order valence-electron chi connectivity index (χ1n) is 2.92. The van der Waals surface area contributed by atoms with E-state index in [2.05, 4.69) is 45.7 Å². The molecule has 2 atom stereocenters. The molecule has 50 valence electrons. The van der Waals surface area contributed by atoms with Crippen LogP contribution in [0.1, 0.15) is 20.3 Å². The largest absolute Gasteiger partial charge is 0.0925 e. The van der Waals surface area contributed by atoms with Gasteiger partial charge in [-0.25, -0.2) is 0 Å². The first-order chi connectivity index (χ1) is 3.72. The fraction of sp³-hybridized carbons (Fsp3) is 1.00.